The van der Waals surface area contributed by atoms with Crippen molar-refractivity contribution < 1.29 is 18.7 Å². The molecule has 37 heavy (non-hydrogen) atoms. The van der Waals surface area contributed by atoms with Crippen LogP contribution in [0.25, 0.3) is 11.0 Å². The Labute approximate surface area is 215 Å². The van der Waals surface area contributed by atoms with Crippen LogP contribution < -0.4 is 15.2 Å². The van der Waals surface area contributed by atoms with E-state index in [2.05, 4.69) is 39.0 Å². The maximum absolute atomic E-state index is 13.0. The van der Waals surface area contributed by atoms with Gasteiger partial charge in [-0.3, -0.25) is 0 Å². The monoisotopic (exact) mass is 492 g/mol. The van der Waals surface area contributed by atoms with Gasteiger partial charge < -0.3 is 19.6 Å². The molecule has 1 aromatic heterocycles. The van der Waals surface area contributed by atoms with Crippen molar-refractivity contribution in [2.24, 2.45) is 5.73 Å². The lowest BCUT2D eigenvalue weighted by molar-refractivity contribution is 0.0702. The third kappa shape index (κ3) is 4.34. The maximum Gasteiger partial charge on any atom is 0.379 e. The minimum absolute atomic E-state index is 0.0382. The Morgan fingerprint density at radius 3 is 2.54 bits per heavy atom. The number of esters is 1. The number of ether oxygens (including phenoxy) is 2. The lowest BCUT2D eigenvalue weighted by Crippen LogP contribution is -2.21. The summed E-state index contributed by atoms with van der Waals surface area (Å²) in [5.41, 5.74) is 12.0. The summed E-state index contributed by atoms with van der Waals surface area (Å²) in [7, 11) is 0. The van der Waals surface area contributed by atoms with E-state index in [1.54, 1.807) is 12.1 Å². The van der Waals surface area contributed by atoms with Crippen LogP contribution in [0.2, 0.25) is 0 Å². The molecule has 5 rings (SSSR count). The van der Waals surface area contributed by atoms with Gasteiger partial charge in [0.2, 0.25) is 11.6 Å². The minimum Gasteiger partial charge on any atom is -0.449 e. The molecular formula is C31H28N2O4. The van der Waals surface area contributed by atoms with Gasteiger partial charge in [-0.05, 0) is 54.2 Å². The van der Waals surface area contributed by atoms with Crippen molar-refractivity contribution in [3.8, 4) is 17.6 Å². The third-order valence-electron chi connectivity index (χ3n) is 6.93. The Hall–Kier alpha value is -4.50. The van der Waals surface area contributed by atoms with E-state index in [1.165, 1.54) is 11.1 Å². The molecular weight excluding hydrogens is 464 g/mol. The number of benzene rings is 3. The molecule has 0 saturated carbocycles. The van der Waals surface area contributed by atoms with E-state index in [0.29, 0.717) is 28.6 Å². The zero-order valence-electron chi connectivity index (χ0n) is 21.3. The summed E-state index contributed by atoms with van der Waals surface area (Å²) < 4.78 is 17.3. The highest BCUT2D eigenvalue weighted by molar-refractivity contribution is 5.97. The molecule has 6 heteroatoms. The van der Waals surface area contributed by atoms with Gasteiger partial charge in [-0.25, -0.2) is 4.79 Å². The highest BCUT2D eigenvalue weighted by Gasteiger charge is 2.31. The van der Waals surface area contributed by atoms with E-state index in [0.717, 1.165) is 28.5 Å². The molecule has 4 aromatic rings. The molecule has 0 bridgehead atoms. The molecule has 0 spiro atoms. The van der Waals surface area contributed by atoms with Gasteiger partial charge in [-0.2, -0.15) is 5.26 Å². The minimum atomic E-state index is -0.593. The van der Waals surface area contributed by atoms with Crippen LogP contribution in [0.1, 0.15) is 71.0 Å². The Bertz CT molecular complexity index is 1590. The van der Waals surface area contributed by atoms with Crippen molar-refractivity contribution >= 4 is 16.9 Å². The molecule has 1 aliphatic heterocycles. The number of nitriles is 1. The molecule has 2 heterocycles. The first-order chi connectivity index (χ1) is 17.8. The van der Waals surface area contributed by atoms with Crippen LogP contribution in [0.15, 0.2) is 76.5 Å². The molecule has 0 radical (unpaired) electrons. The van der Waals surface area contributed by atoms with Gasteiger partial charge in [0.25, 0.3) is 0 Å². The van der Waals surface area contributed by atoms with E-state index in [4.69, 9.17) is 19.6 Å². The lowest BCUT2D eigenvalue weighted by Gasteiger charge is -2.27. The molecule has 1 aliphatic rings. The number of rotatable bonds is 5. The molecule has 2 N–H and O–H groups in total. The van der Waals surface area contributed by atoms with Crippen LogP contribution in [0.3, 0.4) is 0 Å². The van der Waals surface area contributed by atoms with Crippen LogP contribution in [-0.4, -0.2) is 5.97 Å². The second-order valence-corrected chi connectivity index (χ2v) is 9.58. The van der Waals surface area contributed by atoms with Crippen molar-refractivity contribution in [2.45, 2.75) is 46.0 Å². The van der Waals surface area contributed by atoms with Gasteiger partial charge in [-0.15, -0.1) is 0 Å². The summed E-state index contributed by atoms with van der Waals surface area (Å²) in [4.78, 5) is 13.0. The zero-order valence-corrected chi connectivity index (χ0v) is 21.3. The topological polar surface area (TPSA) is 98.5 Å². The van der Waals surface area contributed by atoms with Crippen LogP contribution in [0.5, 0.6) is 11.5 Å². The maximum atomic E-state index is 13.0. The molecule has 6 nitrogen and oxygen atoms in total. The smallest absolute Gasteiger partial charge is 0.379 e. The highest BCUT2D eigenvalue weighted by Crippen LogP contribution is 2.43. The molecule has 1 unspecified atom stereocenters. The fourth-order valence-electron chi connectivity index (χ4n) is 4.75. The highest BCUT2D eigenvalue weighted by atomic mass is 16.5. The van der Waals surface area contributed by atoms with Gasteiger partial charge >= 0.3 is 5.97 Å². The van der Waals surface area contributed by atoms with E-state index >= 15 is 0 Å². The fraction of sp³-hybridized carbons (Fsp3) is 0.226. The normalized spacial score (nSPS) is 14.9. The van der Waals surface area contributed by atoms with Crippen LogP contribution in [0.4, 0.5) is 0 Å². The first kappa shape index (κ1) is 24.2. The average Bonchev–Trinajstić information content (AvgIpc) is 3.23. The van der Waals surface area contributed by atoms with Gasteiger partial charge in [0.05, 0.1) is 5.92 Å². The molecule has 0 aliphatic carbocycles. The van der Waals surface area contributed by atoms with Crippen molar-refractivity contribution in [1.29, 1.82) is 5.26 Å². The lowest BCUT2D eigenvalue weighted by atomic mass is 9.83. The van der Waals surface area contributed by atoms with Gasteiger partial charge in [0, 0.05) is 22.6 Å². The molecule has 1 atom stereocenters. The van der Waals surface area contributed by atoms with Crippen molar-refractivity contribution in [2.75, 3.05) is 0 Å². The van der Waals surface area contributed by atoms with Crippen molar-refractivity contribution in [1.82, 2.24) is 0 Å². The number of hydrogen-bond donors (Lipinski definition) is 1. The van der Waals surface area contributed by atoms with Gasteiger partial charge in [0.1, 0.15) is 28.7 Å². The van der Waals surface area contributed by atoms with Crippen LogP contribution >= 0.6 is 0 Å². The Morgan fingerprint density at radius 1 is 1.11 bits per heavy atom. The van der Waals surface area contributed by atoms with E-state index < -0.39 is 5.97 Å². The van der Waals surface area contributed by atoms with Crippen LogP contribution in [0, 0.1) is 18.3 Å². The number of allylic oxidation sites excluding steroid dienone is 1. The molecule has 0 fully saturated rings. The number of aryl methyl sites for hydroxylation is 2. The van der Waals surface area contributed by atoms with Crippen molar-refractivity contribution in [3.63, 3.8) is 0 Å². The Balaban J connectivity index is 1.47. The summed E-state index contributed by atoms with van der Waals surface area (Å²) in [5, 5.41) is 10.7. The molecule has 0 saturated heterocycles. The first-order valence-electron chi connectivity index (χ1n) is 12.4. The van der Waals surface area contributed by atoms with E-state index in [1.807, 2.05) is 43.3 Å². The van der Waals surface area contributed by atoms with E-state index in [9.17, 15) is 10.1 Å². The Morgan fingerprint density at radius 2 is 1.86 bits per heavy atom. The fourth-order valence-corrected chi connectivity index (χ4v) is 4.75. The summed E-state index contributed by atoms with van der Waals surface area (Å²) >= 11 is 0. The standard InChI is InChI=1S/C31H28N2O4/c1-5-19-6-13-26-24(14-19)18(4)29(36-26)31(34)35-22-11-12-23-27(15-22)37-30(33)25(16-32)28(23)21-9-7-20(8-10-21)17(2)3/h6-15,17,28H,5,33H2,1-4H3. The second-order valence-electron chi connectivity index (χ2n) is 9.58. The SMILES string of the molecule is CCc1ccc2oc(C(=O)Oc3ccc4c(c3)OC(N)=C(C#N)C4c3ccc(C(C)C)cc3)c(C)c2c1. The zero-order chi connectivity index (χ0) is 26.3. The predicted molar refractivity (Wildman–Crippen MR) is 142 cm³/mol. The van der Waals surface area contributed by atoms with E-state index in [-0.39, 0.29) is 17.6 Å². The summed E-state index contributed by atoms with van der Waals surface area (Å²) in [6.45, 7) is 8.20. The number of carbonyl (C=O) groups is 1. The quantitative estimate of drug-likeness (QED) is 0.241. The number of fused-ring (bicyclic) bond motifs is 2. The van der Waals surface area contributed by atoms with Gasteiger partial charge in [0.15, 0.2) is 0 Å². The number of hydrogen-bond acceptors (Lipinski definition) is 6. The summed E-state index contributed by atoms with van der Waals surface area (Å²) in [6, 6.07) is 21.4. The number of nitrogens with two attached hydrogens (primary N) is 1. The Kier molecular flexibility index (Phi) is 6.22. The summed E-state index contributed by atoms with van der Waals surface area (Å²) in [6.07, 6.45) is 0.892. The largest absolute Gasteiger partial charge is 0.449 e. The van der Waals surface area contributed by atoms with Crippen LogP contribution in [-0.2, 0) is 6.42 Å². The molecule has 3 aromatic carbocycles. The predicted octanol–water partition coefficient (Wildman–Crippen LogP) is 6.86. The number of nitrogens with zero attached hydrogens (tertiary/aromatic N) is 1. The second kappa shape index (κ2) is 9.51. The van der Waals surface area contributed by atoms with Crippen molar-refractivity contribution in [3.05, 3.63) is 106 Å². The number of carbonyl (C=O) groups excluding carboxylic acids is 1. The summed E-state index contributed by atoms with van der Waals surface area (Å²) in [5.74, 6) is 0.351. The first-order valence-corrected chi connectivity index (χ1v) is 12.4. The molecule has 186 valence electrons. The number of furan rings is 1. The van der Waals surface area contributed by atoms with Gasteiger partial charge in [-0.1, -0.05) is 57.2 Å². The third-order valence-corrected chi connectivity index (χ3v) is 6.93. The molecule has 0 amide bonds. The average molecular weight is 493 g/mol.